The molecule has 2 rings (SSSR count). The number of rotatable bonds is 7. The number of hydrogen-bond acceptors (Lipinski definition) is 3. The molecule has 1 aromatic rings. The highest BCUT2D eigenvalue weighted by atomic mass is 35.5. The van der Waals surface area contributed by atoms with Gasteiger partial charge in [0.1, 0.15) is 0 Å². The molecule has 0 radical (unpaired) electrons. The largest absolute Gasteiger partial charge is 0.383 e. The second-order valence-electron chi connectivity index (χ2n) is 5.25. The molecule has 4 heteroatoms. The molecule has 1 unspecified atom stereocenters. The van der Waals surface area contributed by atoms with Gasteiger partial charge in [-0.25, -0.2) is 0 Å². The van der Waals surface area contributed by atoms with Crippen molar-refractivity contribution in [3.63, 3.8) is 0 Å². The molecule has 1 fully saturated rings. The van der Waals surface area contributed by atoms with E-state index in [-0.39, 0.29) is 0 Å². The standard InChI is InChI=1S/C15H23ClN2O/c1-11(13-4-5-13)18(7-8-19-2)15-6-3-12(10-17)9-14(15)16/h3,6,9,11,13H,4-5,7-8,10,17H2,1-2H3. The van der Waals surface area contributed by atoms with Crippen molar-refractivity contribution in [2.24, 2.45) is 11.7 Å². The van der Waals surface area contributed by atoms with Crippen LogP contribution in [0.3, 0.4) is 0 Å². The Morgan fingerprint density at radius 3 is 2.74 bits per heavy atom. The SMILES string of the molecule is COCCN(c1ccc(CN)cc1Cl)C(C)C1CC1. The maximum Gasteiger partial charge on any atom is 0.0642 e. The Morgan fingerprint density at radius 2 is 2.21 bits per heavy atom. The molecule has 106 valence electrons. The topological polar surface area (TPSA) is 38.5 Å². The first-order valence-corrected chi connectivity index (χ1v) is 7.29. The van der Waals surface area contributed by atoms with Gasteiger partial charge in [0, 0.05) is 26.2 Å². The van der Waals surface area contributed by atoms with Crippen molar-refractivity contribution < 1.29 is 4.74 Å². The van der Waals surface area contributed by atoms with Crippen LogP contribution in [0.4, 0.5) is 5.69 Å². The smallest absolute Gasteiger partial charge is 0.0642 e. The van der Waals surface area contributed by atoms with Gasteiger partial charge in [-0.05, 0) is 43.4 Å². The highest BCUT2D eigenvalue weighted by molar-refractivity contribution is 6.33. The number of hydrogen-bond donors (Lipinski definition) is 1. The quantitative estimate of drug-likeness (QED) is 0.835. The van der Waals surface area contributed by atoms with Crippen molar-refractivity contribution in [2.75, 3.05) is 25.2 Å². The van der Waals surface area contributed by atoms with Gasteiger partial charge in [0.05, 0.1) is 17.3 Å². The van der Waals surface area contributed by atoms with Crippen molar-refractivity contribution in [3.8, 4) is 0 Å². The van der Waals surface area contributed by atoms with Crippen LogP contribution in [-0.4, -0.2) is 26.3 Å². The third kappa shape index (κ3) is 3.62. The van der Waals surface area contributed by atoms with Gasteiger partial charge >= 0.3 is 0 Å². The molecule has 0 aliphatic heterocycles. The van der Waals surface area contributed by atoms with Crippen LogP contribution >= 0.6 is 11.6 Å². The van der Waals surface area contributed by atoms with E-state index in [2.05, 4.69) is 24.0 Å². The Hall–Kier alpha value is -0.770. The molecular weight excluding hydrogens is 260 g/mol. The predicted octanol–water partition coefficient (Wildman–Crippen LogP) is 3.05. The van der Waals surface area contributed by atoms with E-state index in [9.17, 15) is 0 Å². The third-order valence-corrected chi connectivity index (χ3v) is 4.19. The number of nitrogens with zero attached hydrogens (tertiary/aromatic N) is 1. The van der Waals surface area contributed by atoms with Crippen LogP contribution in [-0.2, 0) is 11.3 Å². The Balaban J connectivity index is 2.20. The highest BCUT2D eigenvalue weighted by Crippen LogP contribution is 2.38. The summed E-state index contributed by atoms with van der Waals surface area (Å²) < 4.78 is 5.22. The average Bonchev–Trinajstić information content (AvgIpc) is 3.24. The van der Waals surface area contributed by atoms with Crippen molar-refractivity contribution in [1.29, 1.82) is 0 Å². The molecule has 1 saturated carbocycles. The van der Waals surface area contributed by atoms with Crippen molar-refractivity contribution >= 4 is 17.3 Å². The maximum atomic E-state index is 6.41. The van der Waals surface area contributed by atoms with Crippen molar-refractivity contribution in [2.45, 2.75) is 32.4 Å². The van der Waals surface area contributed by atoms with Crippen LogP contribution in [0.1, 0.15) is 25.3 Å². The third-order valence-electron chi connectivity index (χ3n) is 3.89. The number of halogens is 1. The van der Waals surface area contributed by atoms with Crippen LogP contribution in [0.5, 0.6) is 0 Å². The number of ether oxygens (including phenoxy) is 1. The molecule has 0 amide bonds. The van der Waals surface area contributed by atoms with Gasteiger partial charge in [-0.15, -0.1) is 0 Å². The Labute approximate surface area is 120 Å². The lowest BCUT2D eigenvalue weighted by Crippen LogP contribution is -2.37. The number of nitrogens with two attached hydrogens (primary N) is 1. The summed E-state index contributed by atoms with van der Waals surface area (Å²) in [6.07, 6.45) is 2.65. The Morgan fingerprint density at radius 1 is 1.47 bits per heavy atom. The first kappa shape index (κ1) is 14.6. The summed E-state index contributed by atoms with van der Waals surface area (Å²) in [6, 6.07) is 6.62. The predicted molar refractivity (Wildman–Crippen MR) is 80.8 cm³/mol. The maximum absolute atomic E-state index is 6.41. The van der Waals surface area contributed by atoms with E-state index in [1.165, 1.54) is 12.8 Å². The molecule has 1 atom stereocenters. The fraction of sp³-hybridized carbons (Fsp3) is 0.600. The monoisotopic (exact) mass is 282 g/mol. The van der Waals surface area contributed by atoms with Crippen molar-refractivity contribution in [1.82, 2.24) is 0 Å². The first-order chi connectivity index (χ1) is 9.17. The number of anilines is 1. The van der Waals surface area contributed by atoms with Gasteiger partial charge in [-0.2, -0.15) is 0 Å². The van der Waals surface area contributed by atoms with Gasteiger partial charge in [0.15, 0.2) is 0 Å². The molecule has 0 bridgehead atoms. The van der Waals surface area contributed by atoms with E-state index in [4.69, 9.17) is 22.1 Å². The summed E-state index contributed by atoms with van der Waals surface area (Å²) in [4.78, 5) is 2.36. The van der Waals surface area contributed by atoms with Gasteiger partial charge in [0.25, 0.3) is 0 Å². The lowest BCUT2D eigenvalue weighted by atomic mass is 10.1. The van der Waals surface area contributed by atoms with Gasteiger partial charge < -0.3 is 15.4 Å². The van der Waals surface area contributed by atoms with E-state index in [0.29, 0.717) is 19.2 Å². The minimum Gasteiger partial charge on any atom is -0.383 e. The lowest BCUT2D eigenvalue weighted by molar-refractivity contribution is 0.202. The van der Waals surface area contributed by atoms with Gasteiger partial charge in [-0.3, -0.25) is 0 Å². The average molecular weight is 283 g/mol. The summed E-state index contributed by atoms with van der Waals surface area (Å²) >= 11 is 6.41. The molecule has 19 heavy (non-hydrogen) atoms. The molecule has 1 aliphatic rings. The minimum atomic E-state index is 0.511. The lowest BCUT2D eigenvalue weighted by Gasteiger charge is -2.32. The second kappa shape index (κ2) is 6.60. The van der Waals surface area contributed by atoms with Crippen LogP contribution in [0.2, 0.25) is 5.02 Å². The zero-order valence-corrected chi connectivity index (χ0v) is 12.5. The molecule has 0 heterocycles. The van der Waals surface area contributed by atoms with Crippen LogP contribution in [0, 0.1) is 5.92 Å². The Kier molecular flexibility index (Phi) is 5.08. The molecule has 0 spiro atoms. The van der Waals surface area contributed by atoms with E-state index in [1.807, 2.05) is 6.07 Å². The van der Waals surface area contributed by atoms with Gasteiger partial charge in [0.2, 0.25) is 0 Å². The molecule has 1 aliphatic carbocycles. The summed E-state index contributed by atoms with van der Waals surface area (Å²) in [5, 5.41) is 0.784. The molecule has 0 aromatic heterocycles. The van der Waals surface area contributed by atoms with Crippen molar-refractivity contribution in [3.05, 3.63) is 28.8 Å². The first-order valence-electron chi connectivity index (χ1n) is 6.91. The van der Waals surface area contributed by atoms with Gasteiger partial charge in [-0.1, -0.05) is 17.7 Å². The van der Waals surface area contributed by atoms with Crippen LogP contribution < -0.4 is 10.6 Å². The number of methoxy groups -OCH3 is 1. The van der Waals surface area contributed by atoms with E-state index >= 15 is 0 Å². The van der Waals surface area contributed by atoms with Crippen LogP contribution in [0.15, 0.2) is 18.2 Å². The van der Waals surface area contributed by atoms with E-state index in [1.54, 1.807) is 7.11 Å². The molecular formula is C15H23ClN2O. The fourth-order valence-electron chi connectivity index (χ4n) is 2.48. The van der Waals surface area contributed by atoms with E-state index < -0.39 is 0 Å². The Bertz CT molecular complexity index is 421. The fourth-order valence-corrected chi connectivity index (χ4v) is 2.79. The summed E-state index contributed by atoms with van der Waals surface area (Å²) in [5.41, 5.74) is 7.81. The normalized spacial score (nSPS) is 16.4. The molecule has 2 N–H and O–H groups in total. The molecule has 1 aromatic carbocycles. The molecule has 0 saturated heterocycles. The summed E-state index contributed by atoms with van der Waals surface area (Å²) in [7, 11) is 1.74. The molecule has 3 nitrogen and oxygen atoms in total. The minimum absolute atomic E-state index is 0.511. The van der Waals surface area contributed by atoms with Crippen LogP contribution in [0.25, 0.3) is 0 Å². The zero-order chi connectivity index (χ0) is 13.8. The van der Waals surface area contributed by atoms with E-state index in [0.717, 1.165) is 28.7 Å². The zero-order valence-electron chi connectivity index (χ0n) is 11.7. The summed E-state index contributed by atoms with van der Waals surface area (Å²) in [6.45, 7) is 4.39. The summed E-state index contributed by atoms with van der Waals surface area (Å²) in [5.74, 6) is 0.794. The number of benzene rings is 1. The highest BCUT2D eigenvalue weighted by Gasteiger charge is 2.32. The second-order valence-corrected chi connectivity index (χ2v) is 5.66.